The maximum absolute atomic E-state index is 11.7. The van der Waals surface area contributed by atoms with E-state index in [1.54, 1.807) is 18.2 Å². The Morgan fingerprint density at radius 1 is 1.24 bits per heavy atom. The minimum absolute atomic E-state index is 0.207. The zero-order valence-corrected chi connectivity index (χ0v) is 17.2. The number of carbonyl (C=O) groups is 1. The summed E-state index contributed by atoms with van der Waals surface area (Å²) in [7, 11) is 0. The third-order valence-corrected chi connectivity index (χ3v) is 5.69. The summed E-state index contributed by atoms with van der Waals surface area (Å²) in [6, 6.07) is 11.0. The summed E-state index contributed by atoms with van der Waals surface area (Å²) in [4.78, 5) is 12.3. The van der Waals surface area contributed by atoms with Crippen molar-refractivity contribution in [2.24, 2.45) is 0 Å². The molecule has 1 aliphatic rings. The number of amides is 1. The van der Waals surface area contributed by atoms with Gasteiger partial charge in [0, 0.05) is 10.6 Å². The molecule has 3 rings (SSSR count). The molecule has 0 spiro atoms. The zero-order valence-electron chi connectivity index (χ0n) is 12.5. The number of carbonyl (C=O) groups excluding carboxylic acids is 1. The van der Waals surface area contributed by atoms with Gasteiger partial charge in [-0.2, -0.15) is 0 Å². The van der Waals surface area contributed by atoms with Crippen molar-refractivity contribution in [3.8, 4) is 5.75 Å². The molecule has 2 aromatic rings. The molecule has 0 radical (unpaired) electrons. The Morgan fingerprint density at radius 3 is 2.64 bits per heavy atom. The van der Waals surface area contributed by atoms with Gasteiger partial charge in [-0.05, 0) is 45.8 Å². The first kappa shape index (κ1) is 18.7. The molecule has 1 fully saturated rings. The number of benzene rings is 2. The van der Waals surface area contributed by atoms with E-state index in [2.05, 4.69) is 21.2 Å². The monoisotopic (exact) mass is 473 g/mol. The Hall–Kier alpha value is -1.05. The van der Waals surface area contributed by atoms with Crippen molar-refractivity contribution in [1.82, 2.24) is 5.32 Å². The molecule has 3 nitrogen and oxygen atoms in total. The molecule has 1 saturated heterocycles. The Kier molecular flexibility index (Phi) is 6.07. The molecule has 2 aromatic carbocycles. The van der Waals surface area contributed by atoms with E-state index >= 15 is 0 Å². The molecule has 0 saturated carbocycles. The van der Waals surface area contributed by atoms with E-state index in [1.165, 1.54) is 11.8 Å². The average Bonchev–Trinajstić information content (AvgIpc) is 2.85. The quantitative estimate of drug-likeness (QED) is 0.447. The summed E-state index contributed by atoms with van der Waals surface area (Å²) >= 11 is 22.1. The highest BCUT2D eigenvalue weighted by molar-refractivity contribution is 9.10. The average molecular weight is 475 g/mol. The Bertz CT molecular complexity index is 879. The molecule has 1 amide bonds. The van der Waals surface area contributed by atoms with Gasteiger partial charge in [0.15, 0.2) is 5.75 Å². The van der Waals surface area contributed by atoms with Gasteiger partial charge in [0.1, 0.15) is 10.9 Å². The molecule has 0 aromatic heterocycles. The first-order valence-electron chi connectivity index (χ1n) is 7.04. The highest BCUT2D eigenvalue weighted by Crippen LogP contribution is 2.37. The summed E-state index contributed by atoms with van der Waals surface area (Å²) in [5.41, 5.74) is 1.63. The highest BCUT2D eigenvalue weighted by Gasteiger charge is 2.22. The van der Waals surface area contributed by atoms with Crippen LogP contribution in [0, 0.1) is 0 Å². The van der Waals surface area contributed by atoms with Crippen LogP contribution in [-0.2, 0) is 11.4 Å². The fourth-order valence-corrected chi connectivity index (χ4v) is 4.36. The molecule has 25 heavy (non-hydrogen) atoms. The standard InChI is InChI=1S/C17H10BrCl2NO2S2/c18-11-5-9(7-14-16(22)21-17(24)25-14)6-13(20)15(11)23-8-10-3-1-2-4-12(10)19/h1-7H,8H2,(H,21,22,24). The number of rotatable bonds is 4. The lowest BCUT2D eigenvalue weighted by molar-refractivity contribution is -0.115. The van der Waals surface area contributed by atoms with Gasteiger partial charge in [0.25, 0.3) is 5.91 Å². The normalized spacial score (nSPS) is 15.6. The summed E-state index contributed by atoms with van der Waals surface area (Å²) in [6.45, 7) is 0.297. The van der Waals surface area contributed by atoms with Crippen LogP contribution in [-0.4, -0.2) is 10.2 Å². The second-order valence-electron chi connectivity index (χ2n) is 5.05. The third kappa shape index (κ3) is 4.57. The van der Waals surface area contributed by atoms with Crippen LogP contribution in [0.5, 0.6) is 5.75 Å². The van der Waals surface area contributed by atoms with E-state index in [0.29, 0.717) is 36.1 Å². The number of thioether (sulfide) groups is 1. The molecule has 8 heteroatoms. The van der Waals surface area contributed by atoms with Gasteiger partial charge in [-0.15, -0.1) is 0 Å². The fraction of sp³-hybridized carbons (Fsp3) is 0.0588. The van der Waals surface area contributed by atoms with Gasteiger partial charge in [-0.1, -0.05) is 65.4 Å². The number of nitrogens with one attached hydrogen (secondary N) is 1. The summed E-state index contributed by atoms with van der Waals surface area (Å²) in [5, 5.41) is 3.64. The van der Waals surface area contributed by atoms with Crippen molar-refractivity contribution in [3.05, 3.63) is 66.9 Å². The van der Waals surface area contributed by atoms with Crippen molar-refractivity contribution in [2.75, 3.05) is 0 Å². The van der Waals surface area contributed by atoms with Crippen molar-refractivity contribution in [1.29, 1.82) is 0 Å². The van der Waals surface area contributed by atoms with E-state index in [4.69, 9.17) is 40.2 Å². The zero-order chi connectivity index (χ0) is 18.0. The summed E-state index contributed by atoms with van der Waals surface area (Å²) < 4.78 is 6.94. The molecular formula is C17H10BrCl2NO2S2. The second kappa shape index (κ2) is 8.10. The Morgan fingerprint density at radius 2 is 2.00 bits per heavy atom. The lowest BCUT2D eigenvalue weighted by Gasteiger charge is -2.12. The molecular weight excluding hydrogens is 465 g/mol. The van der Waals surface area contributed by atoms with Gasteiger partial charge in [0.05, 0.1) is 14.4 Å². The molecule has 1 aliphatic heterocycles. The van der Waals surface area contributed by atoms with E-state index in [1.807, 2.05) is 24.3 Å². The minimum Gasteiger partial charge on any atom is -0.486 e. The Balaban J connectivity index is 1.81. The van der Waals surface area contributed by atoms with Crippen molar-refractivity contribution in [2.45, 2.75) is 6.61 Å². The first-order valence-corrected chi connectivity index (χ1v) is 9.81. The minimum atomic E-state index is -0.207. The molecule has 1 N–H and O–H groups in total. The van der Waals surface area contributed by atoms with Crippen LogP contribution < -0.4 is 10.1 Å². The smallest absolute Gasteiger partial charge is 0.263 e. The lowest BCUT2D eigenvalue weighted by Crippen LogP contribution is -2.17. The maximum Gasteiger partial charge on any atom is 0.263 e. The van der Waals surface area contributed by atoms with E-state index in [-0.39, 0.29) is 5.91 Å². The van der Waals surface area contributed by atoms with Crippen molar-refractivity contribution < 1.29 is 9.53 Å². The summed E-state index contributed by atoms with van der Waals surface area (Å²) in [5.74, 6) is 0.309. The topological polar surface area (TPSA) is 38.3 Å². The van der Waals surface area contributed by atoms with Crippen LogP contribution >= 0.6 is 63.1 Å². The van der Waals surface area contributed by atoms with E-state index in [0.717, 1.165) is 11.1 Å². The number of thiocarbonyl (C=S) groups is 1. The fourth-order valence-electron chi connectivity index (χ4n) is 2.14. The van der Waals surface area contributed by atoms with Crippen LogP contribution in [0.1, 0.15) is 11.1 Å². The highest BCUT2D eigenvalue weighted by atomic mass is 79.9. The largest absolute Gasteiger partial charge is 0.486 e. The van der Waals surface area contributed by atoms with E-state index < -0.39 is 0 Å². The van der Waals surface area contributed by atoms with Crippen LogP contribution in [0.2, 0.25) is 10.0 Å². The summed E-state index contributed by atoms with van der Waals surface area (Å²) in [6.07, 6.45) is 1.73. The predicted octanol–water partition coefficient (Wildman–Crippen LogP) is 5.82. The van der Waals surface area contributed by atoms with Crippen molar-refractivity contribution in [3.63, 3.8) is 0 Å². The molecule has 0 bridgehead atoms. The van der Waals surface area contributed by atoms with Gasteiger partial charge in [-0.3, -0.25) is 4.79 Å². The molecule has 0 atom stereocenters. The van der Waals surface area contributed by atoms with Crippen molar-refractivity contribution >= 4 is 79.4 Å². The van der Waals surface area contributed by atoms with Crippen LogP contribution in [0.4, 0.5) is 0 Å². The third-order valence-electron chi connectivity index (χ3n) is 3.29. The molecule has 1 heterocycles. The predicted molar refractivity (Wildman–Crippen MR) is 111 cm³/mol. The van der Waals surface area contributed by atoms with Crippen LogP contribution in [0.25, 0.3) is 6.08 Å². The Labute approximate surface area is 172 Å². The molecule has 128 valence electrons. The molecule has 0 aliphatic carbocycles. The lowest BCUT2D eigenvalue weighted by atomic mass is 10.2. The number of hydrogen-bond acceptors (Lipinski definition) is 4. The first-order chi connectivity index (χ1) is 11.9. The second-order valence-corrected chi connectivity index (χ2v) is 8.43. The SMILES string of the molecule is O=C1NC(=S)SC1=Cc1cc(Cl)c(OCc2ccccc2Cl)c(Br)c1. The van der Waals surface area contributed by atoms with Gasteiger partial charge >= 0.3 is 0 Å². The maximum atomic E-state index is 11.7. The van der Waals surface area contributed by atoms with E-state index in [9.17, 15) is 4.79 Å². The number of ether oxygens (including phenoxy) is 1. The van der Waals surface area contributed by atoms with Gasteiger partial charge in [-0.25, -0.2) is 0 Å². The van der Waals surface area contributed by atoms with Crippen LogP contribution in [0.15, 0.2) is 45.8 Å². The van der Waals surface area contributed by atoms with Gasteiger partial charge in [0.2, 0.25) is 0 Å². The number of halogens is 3. The molecule has 0 unspecified atom stereocenters. The van der Waals surface area contributed by atoms with Gasteiger partial charge < -0.3 is 10.1 Å². The number of hydrogen-bond donors (Lipinski definition) is 1. The van der Waals surface area contributed by atoms with Crippen LogP contribution in [0.3, 0.4) is 0 Å².